The number of benzene rings is 2. The molecule has 23 heavy (non-hydrogen) atoms. The van der Waals surface area contributed by atoms with E-state index in [0.717, 1.165) is 29.0 Å². The summed E-state index contributed by atoms with van der Waals surface area (Å²) in [6.07, 6.45) is 1.13. The van der Waals surface area contributed by atoms with Gasteiger partial charge in [0.25, 0.3) is 0 Å². The Bertz CT molecular complexity index is 684. The molecular formula is C19H21NO3. The largest absolute Gasteiger partial charge is 0.493 e. The highest BCUT2D eigenvalue weighted by atomic mass is 16.5. The van der Waals surface area contributed by atoms with Crippen LogP contribution in [0.3, 0.4) is 0 Å². The van der Waals surface area contributed by atoms with Crippen LogP contribution in [-0.4, -0.2) is 19.1 Å². The number of fused-ring (bicyclic) bond motifs is 1. The van der Waals surface area contributed by atoms with Crippen LogP contribution < -0.4 is 14.8 Å². The van der Waals surface area contributed by atoms with Gasteiger partial charge in [-0.15, -0.1) is 0 Å². The first-order valence-corrected chi connectivity index (χ1v) is 7.93. The number of hydrogen-bond acceptors (Lipinski definition) is 3. The van der Waals surface area contributed by atoms with Crippen molar-refractivity contribution < 1.29 is 14.3 Å². The fraction of sp³-hybridized carbons (Fsp3) is 0.316. The van der Waals surface area contributed by atoms with Crippen LogP contribution >= 0.6 is 0 Å². The summed E-state index contributed by atoms with van der Waals surface area (Å²) in [7, 11) is 0. The van der Waals surface area contributed by atoms with Crippen LogP contribution in [0.2, 0.25) is 0 Å². The van der Waals surface area contributed by atoms with Gasteiger partial charge in [0.05, 0.1) is 25.7 Å². The molecule has 2 aromatic rings. The van der Waals surface area contributed by atoms with Gasteiger partial charge >= 0.3 is 0 Å². The molecule has 2 aromatic carbocycles. The Balaban J connectivity index is 1.50. The number of para-hydroxylation sites is 1. The Morgan fingerprint density at radius 3 is 3.00 bits per heavy atom. The minimum absolute atomic E-state index is 0.000596. The lowest BCUT2D eigenvalue weighted by atomic mass is 10.0. The average molecular weight is 311 g/mol. The maximum absolute atomic E-state index is 12.1. The van der Waals surface area contributed by atoms with Gasteiger partial charge < -0.3 is 14.8 Å². The van der Waals surface area contributed by atoms with E-state index in [-0.39, 0.29) is 11.9 Å². The fourth-order valence-corrected chi connectivity index (χ4v) is 2.73. The third-order valence-electron chi connectivity index (χ3n) is 3.88. The fourth-order valence-electron chi connectivity index (χ4n) is 2.73. The second-order valence-corrected chi connectivity index (χ2v) is 5.71. The standard InChI is InChI=1S/C19H21NO3/c1-14-5-4-6-15(13-14)22-12-10-19(21)20-17-9-11-23-18-8-3-2-7-16(17)18/h2-8,13,17H,9-12H2,1H3,(H,20,21). The van der Waals surface area contributed by atoms with Gasteiger partial charge in [-0.3, -0.25) is 4.79 Å². The number of amides is 1. The number of rotatable bonds is 5. The van der Waals surface area contributed by atoms with E-state index in [0.29, 0.717) is 19.6 Å². The van der Waals surface area contributed by atoms with Crippen molar-refractivity contribution in [2.24, 2.45) is 0 Å². The summed E-state index contributed by atoms with van der Waals surface area (Å²) in [5.41, 5.74) is 2.19. The highest BCUT2D eigenvalue weighted by molar-refractivity contribution is 5.76. The molecule has 0 aromatic heterocycles. The van der Waals surface area contributed by atoms with Crippen LogP contribution in [-0.2, 0) is 4.79 Å². The molecule has 1 aliphatic heterocycles. The topological polar surface area (TPSA) is 47.6 Å². The lowest BCUT2D eigenvalue weighted by molar-refractivity contribution is -0.122. The molecule has 1 unspecified atom stereocenters. The summed E-state index contributed by atoms with van der Waals surface area (Å²) in [5.74, 6) is 1.66. The number of hydrogen-bond donors (Lipinski definition) is 1. The molecule has 0 radical (unpaired) electrons. The molecule has 0 aliphatic carbocycles. The van der Waals surface area contributed by atoms with Crippen molar-refractivity contribution in [1.29, 1.82) is 0 Å². The number of aryl methyl sites for hydroxylation is 1. The minimum Gasteiger partial charge on any atom is -0.493 e. The molecule has 1 aliphatic rings. The molecule has 1 heterocycles. The summed E-state index contributed by atoms with van der Waals surface area (Å²) in [6.45, 7) is 3.02. The second-order valence-electron chi connectivity index (χ2n) is 5.71. The number of nitrogens with one attached hydrogen (secondary N) is 1. The maximum Gasteiger partial charge on any atom is 0.223 e. The first kappa shape index (κ1) is 15.4. The lowest BCUT2D eigenvalue weighted by Gasteiger charge is -2.26. The van der Waals surface area contributed by atoms with Gasteiger partial charge in [0.1, 0.15) is 11.5 Å². The van der Waals surface area contributed by atoms with Crippen molar-refractivity contribution >= 4 is 5.91 Å². The highest BCUT2D eigenvalue weighted by Crippen LogP contribution is 2.31. The summed E-state index contributed by atoms with van der Waals surface area (Å²) in [4.78, 5) is 12.1. The van der Waals surface area contributed by atoms with E-state index in [9.17, 15) is 4.79 Å². The zero-order valence-electron chi connectivity index (χ0n) is 13.2. The van der Waals surface area contributed by atoms with E-state index in [1.165, 1.54) is 0 Å². The Labute approximate surface area is 136 Å². The Morgan fingerprint density at radius 2 is 2.13 bits per heavy atom. The Hall–Kier alpha value is -2.49. The summed E-state index contributed by atoms with van der Waals surface area (Å²) in [6, 6.07) is 15.7. The second kappa shape index (κ2) is 7.18. The molecule has 1 atom stereocenters. The smallest absolute Gasteiger partial charge is 0.223 e. The van der Waals surface area contributed by atoms with Crippen LogP contribution in [0.15, 0.2) is 48.5 Å². The van der Waals surface area contributed by atoms with Crippen LogP contribution in [0.5, 0.6) is 11.5 Å². The van der Waals surface area contributed by atoms with E-state index in [1.54, 1.807) is 0 Å². The van der Waals surface area contributed by atoms with E-state index in [1.807, 2.05) is 55.5 Å². The third kappa shape index (κ3) is 4.03. The molecule has 0 fully saturated rings. The van der Waals surface area contributed by atoms with Gasteiger partial charge in [-0.2, -0.15) is 0 Å². The molecule has 0 bridgehead atoms. The molecule has 4 nitrogen and oxygen atoms in total. The number of ether oxygens (including phenoxy) is 2. The van der Waals surface area contributed by atoms with Gasteiger partial charge in [0.2, 0.25) is 5.91 Å². The van der Waals surface area contributed by atoms with Gasteiger partial charge in [-0.25, -0.2) is 0 Å². The van der Waals surface area contributed by atoms with Crippen LogP contribution in [0.25, 0.3) is 0 Å². The van der Waals surface area contributed by atoms with Crippen molar-refractivity contribution in [2.45, 2.75) is 25.8 Å². The third-order valence-corrected chi connectivity index (χ3v) is 3.88. The lowest BCUT2D eigenvalue weighted by Crippen LogP contribution is -2.32. The van der Waals surface area contributed by atoms with Gasteiger partial charge in [-0.05, 0) is 30.7 Å². The average Bonchev–Trinajstić information content (AvgIpc) is 2.55. The van der Waals surface area contributed by atoms with E-state index < -0.39 is 0 Å². The molecule has 0 saturated heterocycles. The van der Waals surface area contributed by atoms with Crippen molar-refractivity contribution in [3.05, 3.63) is 59.7 Å². The van der Waals surface area contributed by atoms with Crippen LogP contribution in [0, 0.1) is 6.92 Å². The molecule has 0 spiro atoms. The van der Waals surface area contributed by atoms with E-state index in [2.05, 4.69) is 5.32 Å². The highest BCUT2D eigenvalue weighted by Gasteiger charge is 2.22. The van der Waals surface area contributed by atoms with Crippen molar-refractivity contribution in [2.75, 3.05) is 13.2 Å². The van der Waals surface area contributed by atoms with Crippen LogP contribution in [0.4, 0.5) is 0 Å². The van der Waals surface area contributed by atoms with E-state index in [4.69, 9.17) is 9.47 Å². The van der Waals surface area contributed by atoms with Gasteiger partial charge in [-0.1, -0.05) is 30.3 Å². The molecular weight excluding hydrogens is 290 g/mol. The quantitative estimate of drug-likeness (QED) is 0.920. The summed E-state index contributed by atoms with van der Waals surface area (Å²) in [5, 5.41) is 3.07. The first-order valence-electron chi connectivity index (χ1n) is 7.93. The maximum atomic E-state index is 12.1. The normalized spacial score (nSPS) is 16.1. The first-order chi connectivity index (χ1) is 11.2. The van der Waals surface area contributed by atoms with Crippen molar-refractivity contribution in [1.82, 2.24) is 5.32 Å². The molecule has 3 rings (SSSR count). The molecule has 4 heteroatoms. The number of carbonyl (C=O) groups excluding carboxylic acids is 1. The molecule has 1 N–H and O–H groups in total. The molecule has 120 valence electrons. The summed E-state index contributed by atoms with van der Waals surface area (Å²) >= 11 is 0. The predicted octanol–water partition coefficient (Wildman–Crippen LogP) is 3.40. The Kier molecular flexibility index (Phi) is 4.81. The monoisotopic (exact) mass is 311 g/mol. The molecule has 1 amide bonds. The number of carbonyl (C=O) groups is 1. The predicted molar refractivity (Wildman–Crippen MR) is 88.7 cm³/mol. The van der Waals surface area contributed by atoms with Gasteiger partial charge in [0.15, 0.2) is 0 Å². The van der Waals surface area contributed by atoms with Gasteiger partial charge in [0, 0.05) is 12.0 Å². The summed E-state index contributed by atoms with van der Waals surface area (Å²) < 4.78 is 11.2. The van der Waals surface area contributed by atoms with E-state index >= 15 is 0 Å². The zero-order chi connectivity index (χ0) is 16.1. The Morgan fingerprint density at radius 1 is 1.26 bits per heavy atom. The molecule has 0 saturated carbocycles. The minimum atomic E-state index is -0.000596. The van der Waals surface area contributed by atoms with Crippen molar-refractivity contribution in [3.8, 4) is 11.5 Å². The van der Waals surface area contributed by atoms with Crippen LogP contribution in [0.1, 0.15) is 30.0 Å². The van der Waals surface area contributed by atoms with Crippen molar-refractivity contribution in [3.63, 3.8) is 0 Å². The zero-order valence-corrected chi connectivity index (χ0v) is 13.2. The SMILES string of the molecule is Cc1cccc(OCCC(=O)NC2CCOc3ccccc32)c1.